The number of likely N-dealkylation sites (tertiary alicyclic amines) is 1. The van der Waals surface area contributed by atoms with Crippen LogP contribution in [0.25, 0.3) is 10.9 Å². The average Bonchev–Trinajstić information content (AvgIpc) is 3.49. The van der Waals surface area contributed by atoms with Gasteiger partial charge in [0, 0.05) is 35.3 Å². The molecule has 0 unspecified atom stereocenters. The predicted octanol–water partition coefficient (Wildman–Crippen LogP) is 4.24. The van der Waals surface area contributed by atoms with Crippen molar-refractivity contribution in [3.63, 3.8) is 0 Å². The van der Waals surface area contributed by atoms with Crippen molar-refractivity contribution in [2.45, 2.75) is 31.2 Å². The van der Waals surface area contributed by atoms with Crippen molar-refractivity contribution < 1.29 is 27.9 Å². The highest BCUT2D eigenvalue weighted by atomic mass is 35.5. The summed E-state index contributed by atoms with van der Waals surface area (Å²) in [5.74, 6) is -0.546. The Morgan fingerprint density at radius 2 is 1.98 bits per heavy atom. The summed E-state index contributed by atoms with van der Waals surface area (Å²) in [6.45, 7) is 5.05. The van der Waals surface area contributed by atoms with E-state index in [1.807, 2.05) is 48.5 Å². The number of carboxylic acid groups (broad SMARTS) is 1. The molecule has 44 heavy (non-hydrogen) atoms. The zero-order valence-corrected chi connectivity index (χ0v) is 25.3. The summed E-state index contributed by atoms with van der Waals surface area (Å²) in [5, 5.41) is 12.8. The second-order valence-corrected chi connectivity index (χ2v) is 12.7. The average molecular weight is 639 g/mol. The van der Waals surface area contributed by atoms with Crippen LogP contribution in [0.4, 0.5) is 17.2 Å². The molecule has 1 aliphatic rings. The van der Waals surface area contributed by atoms with Crippen molar-refractivity contribution in [3.05, 3.63) is 90.5 Å². The Morgan fingerprint density at radius 1 is 1.18 bits per heavy atom. The van der Waals surface area contributed by atoms with Gasteiger partial charge in [0.25, 0.3) is 0 Å². The summed E-state index contributed by atoms with van der Waals surface area (Å²) in [5.41, 5.74) is 8.96. The fourth-order valence-electron chi connectivity index (χ4n) is 4.53. The van der Waals surface area contributed by atoms with Crippen LogP contribution in [0, 0.1) is 0 Å². The van der Waals surface area contributed by atoms with E-state index in [0.717, 1.165) is 33.3 Å². The maximum Gasteiger partial charge on any atom is 0.326 e. The first-order valence-electron chi connectivity index (χ1n) is 13.5. The molecule has 1 saturated heterocycles. The van der Waals surface area contributed by atoms with E-state index in [1.165, 1.54) is 13.3 Å². The molecular weight excluding hydrogens is 608 g/mol. The van der Waals surface area contributed by atoms with Crippen LogP contribution in [0.5, 0.6) is 5.75 Å². The Labute approximate surface area is 259 Å². The van der Waals surface area contributed by atoms with Gasteiger partial charge in [-0.05, 0) is 61.0 Å². The van der Waals surface area contributed by atoms with Crippen LogP contribution in [0.1, 0.15) is 19.0 Å². The largest absolute Gasteiger partial charge is 0.486 e. The number of carbonyl (C=O) groups is 2. The monoisotopic (exact) mass is 638 g/mol. The highest BCUT2D eigenvalue weighted by molar-refractivity contribution is 7.92. The maximum atomic E-state index is 11.7. The standard InChI is InChI=1S/C20H16ClN5O.C10H15NO5S/c21-17-10-14(5-7-19(17)27-11-15-3-1-2-8-23-15)26-20-16-9-13(22)4-6-18(16)24-12-25-20;1-3-9(12)11-6-7(17(15,16)4-2)5-8(11)10(13)14/h1-10,12H,11,22H2,(H,24,25,26);3,7-8H,1,4-6H2,2H3,(H,13,14)/t;7-,8+/m.1/s1. The number of nitrogens with zero attached hydrogens (tertiary/aromatic N) is 4. The van der Waals surface area contributed by atoms with Crippen LogP contribution in [0.2, 0.25) is 5.02 Å². The lowest BCUT2D eigenvalue weighted by atomic mass is 10.2. The normalized spacial score (nSPS) is 16.1. The van der Waals surface area contributed by atoms with E-state index in [2.05, 4.69) is 26.8 Å². The summed E-state index contributed by atoms with van der Waals surface area (Å²) in [4.78, 5) is 36.2. The number of nitrogen functional groups attached to an aromatic ring is 1. The minimum atomic E-state index is -3.33. The van der Waals surface area contributed by atoms with Gasteiger partial charge < -0.3 is 25.8 Å². The van der Waals surface area contributed by atoms with Gasteiger partial charge in [0.2, 0.25) is 5.91 Å². The Kier molecular flexibility index (Phi) is 10.3. The van der Waals surface area contributed by atoms with Gasteiger partial charge in [0.05, 0.1) is 21.5 Å². The van der Waals surface area contributed by atoms with Gasteiger partial charge in [0.1, 0.15) is 30.5 Å². The lowest BCUT2D eigenvalue weighted by Gasteiger charge is -2.19. The van der Waals surface area contributed by atoms with E-state index in [0.29, 0.717) is 28.9 Å². The number of pyridine rings is 1. The second kappa shape index (κ2) is 14.1. The molecule has 230 valence electrons. The molecule has 1 fully saturated rings. The van der Waals surface area contributed by atoms with Crippen molar-refractivity contribution in [3.8, 4) is 5.75 Å². The van der Waals surface area contributed by atoms with Crippen LogP contribution in [0.15, 0.2) is 79.8 Å². The number of nitrogens with one attached hydrogen (secondary N) is 1. The zero-order chi connectivity index (χ0) is 31.9. The molecule has 4 N–H and O–H groups in total. The van der Waals surface area contributed by atoms with Gasteiger partial charge in [0.15, 0.2) is 9.84 Å². The number of sulfone groups is 1. The Balaban J connectivity index is 0.000000225. The van der Waals surface area contributed by atoms with Gasteiger partial charge in [-0.25, -0.2) is 23.2 Å². The minimum absolute atomic E-state index is 0.0505. The molecular formula is C30H31ClN6O6S. The summed E-state index contributed by atoms with van der Waals surface area (Å²) in [6.07, 6.45) is 4.18. The number of nitrogens with two attached hydrogens (primary N) is 1. The molecule has 4 aromatic rings. The number of hydrogen-bond donors (Lipinski definition) is 3. The Bertz CT molecular complexity index is 1770. The number of aliphatic carboxylic acids is 1. The molecule has 2 atom stereocenters. The number of benzene rings is 2. The molecule has 2 aromatic heterocycles. The van der Waals surface area contributed by atoms with Crippen LogP contribution in [0.3, 0.4) is 0 Å². The van der Waals surface area contributed by atoms with Gasteiger partial charge in [-0.3, -0.25) is 9.78 Å². The number of aromatic nitrogens is 3. The number of amides is 1. The molecule has 0 aliphatic carbocycles. The third kappa shape index (κ3) is 7.79. The smallest absolute Gasteiger partial charge is 0.326 e. The quantitative estimate of drug-likeness (QED) is 0.176. The van der Waals surface area contributed by atoms with Crippen molar-refractivity contribution >= 4 is 61.4 Å². The van der Waals surface area contributed by atoms with Crippen LogP contribution in [-0.2, 0) is 26.0 Å². The first-order chi connectivity index (χ1) is 21.0. The van der Waals surface area contributed by atoms with Crippen molar-refractivity contribution in [2.24, 2.45) is 0 Å². The first-order valence-corrected chi connectivity index (χ1v) is 15.6. The first kappa shape index (κ1) is 32.2. The summed E-state index contributed by atoms with van der Waals surface area (Å²) in [6, 6.07) is 15.6. The number of hydrogen-bond acceptors (Lipinski definition) is 10. The van der Waals surface area contributed by atoms with E-state index in [-0.39, 0.29) is 18.7 Å². The van der Waals surface area contributed by atoms with E-state index < -0.39 is 33.0 Å². The molecule has 1 amide bonds. The zero-order valence-electron chi connectivity index (χ0n) is 23.8. The van der Waals surface area contributed by atoms with Gasteiger partial charge in [-0.15, -0.1) is 0 Å². The fourth-order valence-corrected chi connectivity index (χ4v) is 6.10. The number of carboxylic acids is 1. The SMILES string of the molecule is C=CC(=O)N1C[C@H](S(=O)(=O)CC)C[C@H]1C(=O)O.Nc1ccc2ncnc(Nc3ccc(OCc4ccccn4)c(Cl)c3)c2c1. The van der Waals surface area contributed by atoms with Gasteiger partial charge in [-0.2, -0.15) is 0 Å². The highest BCUT2D eigenvalue weighted by Gasteiger charge is 2.43. The Morgan fingerprint density at radius 3 is 2.64 bits per heavy atom. The molecule has 0 spiro atoms. The summed E-state index contributed by atoms with van der Waals surface area (Å²) < 4.78 is 29.1. The highest BCUT2D eigenvalue weighted by Crippen LogP contribution is 2.31. The topological polar surface area (TPSA) is 178 Å². The number of anilines is 3. The van der Waals surface area contributed by atoms with E-state index >= 15 is 0 Å². The third-order valence-electron chi connectivity index (χ3n) is 6.87. The van der Waals surface area contributed by atoms with Crippen molar-refractivity contribution in [1.82, 2.24) is 19.9 Å². The molecule has 12 nitrogen and oxygen atoms in total. The van der Waals surface area contributed by atoms with Crippen molar-refractivity contribution in [2.75, 3.05) is 23.3 Å². The second-order valence-electron chi connectivity index (χ2n) is 9.74. The number of fused-ring (bicyclic) bond motifs is 1. The third-order valence-corrected chi connectivity index (χ3v) is 9.33. The van der Waals surface area contributed by atoms with Crippen LogP contribution >= 0.6 is 11.6 Å². The predicted molar refractivity (Wildman–Crippen MR) is 168 cm³/mol. The van der Waals surface area contributed by atoms with E-state index in [1.54, 1.807) is 12.3 Å². The molecule has 14 heteroatoms. The number of halogens is 1. The minimum Gasteiger partial charge on any atom is -0.486 e. The van der Waals surface area contributed by atoms with E-state index in [4.69, 9.17) is 27.2 Å². The van der Waals surface area contributed by atoms with Crippen molar-refractivity contribution in [1.29, 1.82) is 0 Å². The molecule has 5 rings (SSSR count). The molecule has 1 aliphatic heterocycles. The summed E-state index contributed by atoms with van der Waals surface area (Å²) in [7, 11) is -3.33. The molecule has 2 aromatic carbocycles. The molecule has 0 radical (unpaired) electrons. The molecule has 0 saturated carbocycles. The van der Waals surface area contributed by atoms with Gasteiger partial charge >= 0.3 is 5.97 Å². The van der Waals surface area contributed by atoms with Crippen LogP contribution in [-0.4, -0.2) is 68.8 Å². The lowest BCUT2D eigenvalue weighted by Crippen LogP contribution is -2.39. The number of rotatable bonds is 9. The fraction of sp³-hybridized carbons (Fsp3) is 0.233. The number of ether oxygens (including phenoxy) is 1. The Hall–Kier alpha value is -4.75. The molecule has 0 bridgehead atoms. The lowest BCUT2D eigenvalue weighted by molar-refractivity contribution is -0.146. The van der Waals surface area contributed by atoms with E-state index in [9.17, 15) is 18.0 Å². The van der Waals surface area contributed by atoms with Crippen LogP contribution < -0.4 is 15.8 Å². The molecule has 3 heterocycles. The van der Waals surface area contributed by atoms with Gasteiger partial charge in [-0.1, -0.05) is 31.2 Å². The maximum absolute atomic E-state index is 11.7. The summed E-state index contributed by atoms with van der Waals surface area (Å²) >= 11 is 6.37. The number of carbonyl (C=O) groups excluding carboxylic acids is 1.